The fraction of sp³-hybridized carbons (Fsp3) is 0.571. The Bertz CT molecular complexity index is 417. The number of benzene rings is 1. The summed E-state index contributed by atoms with van der Waals surface area (Å²) in [7, 11) is 3.21. The summed E-state index contributed by atoms with van der Waals surface area (Å²) in [5, 5.41) is 7.27. The first kappa shape index (κ1) is 15.9. The normalized spacial score (nSPS) is 11.3. The highest BCUT2D eigenvalue weighted by atomic mass is 35.5. The molecular weight excluding hydrogens is 264 g/mol. The SMILES string of the molecule is COc1cc(OC)c(NCCNC(C)(C)C)cc1Cl. The molecule has 0 saturated heterocycles. The van der Waals surface area contributed by atoms with Gasteiger partial charge in [-0.2, -0.15) is 0 Å². The number of rotatable bonds is 6. The predicted molar refractivity (Wildman–Crippen MR) is 80.8 cm³/mol. The Balaban J connectivity index is 2.65. The van der Waals surface area contributed by atoms with Crippen molar-refractivity contribution < 1.29 is 9.47 Å². The lowest BCUT2D eigenvalue weighted by atomic mass is 10.1. The van der Waals surface area contributed by atoms with Gasteiger partial charge in [-0.3, -0.25) is 0 Å². The van der Waals surface area contributed by atoms with Crippen molar-refractivity contribution in [1.82, 2.24) is 5.32 Å². The number of ether oxygens (including phenoxy) is 2. The van der Waals surface area contributed by atoms with Crippen LogP contribution in [0.1, 0.15) is 20.8 Å². The van der Waals surface area contributed by atoms with Crippen LogP contribution in [0.2, 0.25) is 5.02 Å². The van der Waals surface area contributed by atoms with Crippen molar-refractivity contribution >= 4 is 17.3 Å². The third kappa shape index (κ3) is 5.17. The van der Waals surface area contributed by atoms with Gasteiger partial charge in [0.15, 0.2) is 0 Å². The Hall–Kier alpha value is -1.13. The van der Waals surface area contributed by atoms with Crippen molar-refractivity contribution in [2.24, 2.45) is 0 Å². The molecule has 0 aliphatic carbocycles. The molecule has 0 aliphatic heterocycles. The molecule has 1 aromatic rings. The second-order valence-electron chi connectivity index (χ2n) is 5.29. The van der Waals surface area contributed by atoms with Crippen LogP contribution in [0, 0.1) is 0 Å². The Morgan fingerprint density at radius 3 is 2.21 bits per heavy atom. The van der Waals surface area contributed by atoms with Gasteiger partial charge in [0.25, 0.3) is 0 Å². The van der Waals surface area contributed by atoms with E-state index >= 15 is 0 Å². The first-order valence-corrected chi connectivity index (χ1v) is 6.65. The van der Waals surface area contributed by atoms with Gasteiger partial charge in [-0.15, -0.1) is 0 Å². The van der Waals surface area contributed by atoms with E-state index in [-0.39, 0.29) is 5.54 Å². The highest BCUT2D eigenvalue weighted by Crippen LogP contribution is 2.35. The van der Waals surface area contributed by atoms with Gasteiger partial charge in [-0.05, 0) is 26.8 Å². The van der Waals surface area contributed by atoms with E-state index in [1.165, 1.54) is 0 Å². The van der Waals surface area contributed by atoms with E-state index in [1.807, 2.05) is 6.07 Å². The van der Waals surface area contributed by atoms with E-state index in [2.05, 4.69) is 31.4 Å². The molecule has 0 atom stereocenters. The summed E-state index contributed by atoms with van der Waals surface area (Å²) in [6.07, 6.45) is 0. The van der Waals surface area contributed by atoms with Gasteiger partial charge in [0.1, 0.15) is 11.5 Å². The number of anilines is 1. The minimum atomic E-state index is 0.114. The van der Waals surface area contributed by atoms with E-state index in [0.29, 0.717) is 10.8 Å². The maximum absolute atomic E-state index is 6.11. The Morgan fingerprint density at radius 2 is 1.68 bits per heavy atom. The van der Waals surface area contributed by atoms with Crippen LogP contribution in [0.4, 0.5) is 5.69 Å². The topological polar surface area (TPSA) is 42.5 Å². The van der Waals surface area contributed by atoms with Crippen LogP contribution in [-0.4, -0.2) is 32.8 Å². The maximum atomic E-state index is 6.11. The molecule has 5 heteroatoms. The van der Waals surface area contributed by atoms with Crippen molar-refractivity contribution in [2.75, 3.05) is 32.6 Å². The van der Waals surface area contributed by atoms with Crippen LogP contribution in [0.3, 0.4) is 0 Å². The van der Waals surface area contributed by atoms with Crippen LogP contribution in [0.15, 0.2) is 12.1 Å². The van der Waals surface area contributed by atoms with E-state index in [1.54, 1.807) is 20.3 Å². The molecule has 1 aromatic carbocycles. The van der Waals surface area contributed by atoms with Crippen molar-refractivity contribution in [3.63, 3.8) is 0 Å². The van der Waals surface area contributed by atoms with Crippen LogP contribution >= 0.6 is 11.6 Å². The van der Waals surface area contributed by atoms with Crippen molar-refractivity contribution in [1.29, 1.82) is 0 Å². The van der Waals surface area contributed by atoms with Crippen LogP contribution in [0.25, 0.3) is 0 Å². The summed E-state index contributed by atoms with van der Waals surface area (Å²) in [6, 6.07) is 3.60. The molecule has 0 spiro atoms. The molecule has 2 N–H and O–H groups in total. The van der Waals surface area contributed by atoms with Gasteiger partial charge >= 0.3 is 0 Å². The van der Waals surface area contributed by atoms with Crippen molar-refractivity contribution in [3.05, 3.63) is 17.2 Å². The van der Waals surface area contributed by atoms with Crippen molar-refractivity contribution in [3.8, 4) is 11.5 Å². The molecule has 0 aliphatic rings. The number of hydrogen-bond acceptors (Lipinski definition) is 4. The third-order valence-electron chi connectivity index (χ3n) is 2.57. The lowest BCUT2D eigenvalue weighted by Crippen LogP contribution is -2.38. The fourth-order valence-electron chi connectivity index (χ4n) is 1.63. The van der Waals surface area contributed by atoms with Crippen LogP contribution in [0.5, 0.6) is 11.5 Å². The quantitative estimate of drug-likeness (QED) is 0.789. The molecule has 0 fully saturated rings. The summed E-state index contributed by atoms with van der Waals surface area (Å²) in [5.41, 5.74) is 0.979. The summed E-state index contributed by atoms with van der Waals surface area (Å²) in [5.74, 6) is 1.33. The van der Waals surface area contributed by atoms with Gasteiger partial charge in [-0.1, -0.05) is 11.6 Å². The third-order valence-corrected chi connectivity index (χ3v) is 2.87. The summed E-state index contributed by atoms with van der Waals surface area (Å²) < 4.78 is 10.5. The summed E-state index contributed by atoms with van der Waals surface area (Å²) >= 11 is 6.11. The molecule has 0 amide bonds. The maximum Gasteiger partial charge on any atom is 0.145 e. The van der Waals surface area contributed by atoms with Gasteiger partial charge in [0.2, 0.25) is 0 Å². The van der Waals surface area contributed by atoms with E-state index < -0.39 is 0 Å². The smallest absolute Gasteiger partial charge is 0.145 e. The molecule has 0 bridgehead atoms. The lowest BCUT2D eigenvalue weighted by molar-refractivity contribution is 0.395. The van der Waals surface area contributed by atoms with E-state index in [4.69, 9.17) is 21.1 Å². The van der Waals surface area contributed by atoms with Gasteiger partial charge in [0.05, 0.1) is 24.9 Å². The Kier molecular flexibility index (Phi) is 5.76. The molecule has 19 heavy (non-hydrogen) atoms. The molecule has 0 saturated carbocycles. The molecular formula is C14H23ClN2O2. The van der Waals surface area contributed by atoms with Crippen molar-refractivity contribution in [2.45, 2.75) is 26.3 Å². The minimum absolute atomic E-state index is 0.114. The first-order chi connectivity index (χ1) is 8.87. The Labute approximate surface area is 120 Å². The average Bonchev–Trinajstić information content (AvgIpc) is 2.33. The number of hydrogen-bond donors (Lipinski definition) is 2. The van der Waals surface area contributed by atoms with Crippen LogP contribution in [-0.2, 0) is 0 Å². The number of methoxy groups -OCH3 is 2. The van der Waals surface area contributed by atoms with Gasteiger partial charge in [-0.25, -0.2) is 0 Å². The van der Waals surface area contributed by atoms with Gasteiger partial charge in [0, 0.05) is 24.7 Å². The van der Waals surface area contributed by atoms with Gasteiger partial charge < -0.3 is 20.1 Å². The minimum Gasteiger partial charge on any atom is -0.495 e. The number of halogens is 1. The first-order valence-electron chi connectivity index (χ1n) is 6.28. The highest BCUT2D eigenvalue weighted by Gasteiger charge is 2.10. The molecule has 0 radical (unpaired) electrons. The number of nitrogens with one attached hydrogen (secondary N) is 2. The lowest BCUT2D eigenvalue weighted by Gasteiger charge is -2.21. The largest absolute Gasteiger partial charge is 0.495 e. The van der Waals surface area contributed by atoms with Crippen LogP contribution < -0.4 is 20.1 Å². The second-order valence-corrected chi connectivity index (χ2v) is 5.70. The fourth-order valence-corrected chi connectivity index (χ4v) is 1.87. The molecule has 108 valence electrons. The molecule has 4 nitrogen and oxygen atoms in total. The summed E-state index contributed by atoms with van der Waals surface area (Å²) in [4.78, 5) is 0. The monoisotopic (exact) mass is 286 g/mol. The second kappa shape index (κ2) is 6.87. The molecule has 1 rings (SSSR count). The molecule has 0 heterocycles. The zero-order valence-corrected chi connectivity index (χ0v) is 13.0. The van der Waals surface area contributed by atoms with E-state index in [9.17, 15) is 0 Å². The average molecular weight is 287 g/mol. The standard InChI is InChI=1S/C14H23ClN2O2/c1-14(2,3)17-7-6-16-11-8-10(15)12(18-4)9-13(11)19-5/h8-9,16-17H,6-7H2,1-5H3. The van der Waals surface area contributed by atoms with E-state index in [0.717, 1.165) is 24.5 Å². The molecule has 0 aromatic heterocycles. The highest BCUT2D eigenvalue weighted by molar-refractivity contribution is 6.32. The Morgan fingerprint density at radius 1 is 1.05 bits per heavy atom. The molecule has 0 unspecified atom stereocenters. The zero-order valence-electron chi connectivity index (χ0n) is 12.3. The summed E-state index contributed by atoms with van der Waals surface area (Å²) in [6.45, 7) is 8.06. The predicted octanol–water partition coefficient (Wildman–Crippen LogP) is 3.16. The zero-order chi connectivity index (χ0) is 14.5.